The second-order valence-electron chi connectivity index (χ2n) is 11.5. The van der Waals surface area contributed by atoms with Crippen LogP contribution in [-0.2, 0) is 14.4 Å². The van der Waals surface area contributed by atoms with Gasteiger partial charge in [-0.1, -0.05) is 65.3 Å². The van der Waals surface area contributed by atoms with Gasteiger partial charge in [0.1, 0.15) is 6.04 Å². The summed E-state index contributed by atoms with van der Waals surface area (Å²) in [4.78, 5) is 42.0. The van der Waals surface area contributed by atoms with Gasteiger partial charge in [-0.3, -0.25) is 14.4 Å². The van der Waals surface area contributed by atoms with E-state index in [0.29, 0.717) is 25.4 Å². The topological polar surface area (TPSA) is 69.7 Å². The quantitative estimate of drug-likeness (QED) is 0.572. The van der Waals surface area contributed by atoms with Crippen molar-refractivity contribution in [1.82, 2.24) is 15.1 Å². The zero-order chi connectivity index (χ0) is 25.8. The summed E-state index contributed by atoms with van der Waals surface area (Å²) in [7, 11) is 3.43. The molecule has 0 bridgehead atoms. The molecule has 2 rings (SSSR count). The molecule has 0 aliphatic carbocycles. The smallest absolute Gasteiger partial charge is 0.245 e. The summed E-state index contributed by atoms with van der Waals surface area (Å²) in [5, 5.41) is 3.68. The van der Waals surface area contributed by atoms with Gasteiger partial charge in [-0.15, -0.1) is 0 Å². The van der Waals surface area contributed by atoms with E-state index in [2.05, 4.69) is 31.3 Å². The van der Waals surface area contributed by atoms with Gasteiger partial charge in [0.15, 0.2) is 0 Å². The number of carbonyl (C=O) groups excluding carboxylic acids is 3. The van der Waals surface area contributed by atoms with E-state index in [1.165, 1.54) is 5.56 Å². The summed E-state index contributed by atoms with van der Waals surface area (Å²) in [6.45, 7) is 13.3. The molecule has 1 aromatic rings. The first kappa shape index (κ1) is 28.2. The Morgan fingerprint density at radius 3 is 2.26 bits per heavy atom. The Morgan fingerprint density at radius 2 is 1.76 bits per heavy atom. The van der Waals surface area contributed by atoms with Crippen LogP contribution in [0.15, 0.2) is 24.3 Å². The second kappa shape index (κ2) is 11.1. The molecule has 1 heterocycles. The Balaban J connectivity index is 2.03. The first-order valence-corrected chi connectivity index (χ1v) is 12.6. The summed E-state index contributed by atoms with van der Waals surface area (Å²) >= 11 is 6.06. The number of nitrogens with one attached hydrogen (secondary N) is 1. The third kappa shape index (κ3) is 6.97. The highest BCUT2D eigenvalue weighted by Crippen LogP contribution is 2.42. The maximum absolute atomic E-state index is 13.5. The Morgan fingerprint density at radius 1 is 1.18 bits per heavy atom. The summed E-state index contributed by atoms with van der Waals surface area (Å²) in [6.07, 6.45) is 1.49. The summed E-state index contributed by atoms with van der Waals surface area (Å²) in [5.41, 5.74) is 0.500. The van der Waals surface area contributed by atoms with Gasteiger partial charge in [-0.05, 0) is 47.8 Å². The van der Waals surface area contributed by atoms with Crippen LogP contribution in [0.3, 0.4) is 0 Å². The lowest BCUT2D eigenvalue weighted by Gasteiger charge is -2.45. The van der Waals surface area contributed by atoms with Gasteiger partial charge in [0.2, 0.25) is 17.7 Å². The molecule has 0 spiro atoms. The van der Waals surface area contributed by atoms with E-state index in [1.807, 2.05) is 44.7 Å². The first-order valence-electron chi connectivity index (χ1n) is 12.2. The number of hydrogen-bond acceptors (Lipinski definition) is 3. The van der Waals surface area contributed by atoms with Crippen molar-refractivity contribution in [3.63, 3.8) is 0 Å². The fourth-order valence-electron chi connectivity index (χ4n) is 4.95. The number of benzene rings is 1. The van der Waals surface area contributed by atoms with Crippen LogP contribution in [0.4, 0.5) is 0 Å². The fourth-order valence-corrected chi connectivity index (χ4v) is 5.08. The maximum atomic E-state index is 13.5. The van der Waals surface area contributed by atoms with Crippen molar-refractivity contribution in [3.05, 3.63) is 34.9 Å². The van der Waals surface area contributed by atoms with Crippen molar-refractivity contribution >= 4 is 29.3 Å². The van der Waals surface area contributed by atoms with E-state index in [-0.39, 0.29) is 35.5 Å². The van der Waals surface area contributed by atoms with Crippen molar-refractivity contribution in [2.24, 2.45) is 16.7 Å². The molecule has 34 heavy (non-hydrogen) atoms. The lowest BCUT2D eigenvalue weighted by Crippen LogP contribution is -2.56. The predicted octanol–water partition coefficient (Wildman–Crippen LogP) is 4.72. The Labute approximate surface area is 210 Å². The van der Waals surface area contributed by atoms with Gasteiger partial charge in [0, 0.05) is 44.0 Å². The standard InChI is InChI=1S/C27H42ClN3O3/c1-18(2)23(29-22(32)13-15-26(3,4)25(34)30(7)8)24(33)31-16-14-21(27(5,6)17-31)19-9-11-20(28)12-10-19/h9-12,18,21,23H,13-17H2,1-8H3,(H,29,32)/t21?,23-/m1/s1. The number of rotatable bonds is 8. The number of likely N-dealkylation sites (tertiary alicyclic amines) is 1. The molecule has 0 aromatic heterocycles. The van der Waals surface area contributed by atoms with Crippen molar-refractivity contribution in [3.8, 4) is 0 Å². The molecule has 0 saturated carbocycles. The first-order chi connectivity index (χ1) is 15.7. The van der Waals surface area contributed by atoms with Crippen molar-refractivity contribution < 1.29 is 14.4 Å². The highest BCUT2D eigenvalue weighted by molar-refractivity contribution is 6.30. The van der Waals surface area contributed by atoms with E-state index in [0.717, 1.165) is 11.4 Å². The van der Waals surface area contributed by atoms with E-state index >= 15 is 0 Å². The third-order valence-electron chi connectivity index (χ3n) is 7.02. The minimum Gasteiger partial charge on any atom is -0.348 e. The molecule has 2 atom stereocenters. The molecule has 1 saturated heterocycles. The molecule has 6 nitrogen and oxygen atoms in total. The number of halogens is 1. The second-order valence-corrected chi connectivity index (χ2v) is 12.0. The molecule has 190 valence electrons. The van der Waals surface area contributed by atoms with E-state index in [1.54, 1.807) is 19.0 Å². The lowest BCUT2D eigenvalue weighted by molar-refractivity contribution is -0.141. The average Bonchev–Trinajstić information content (AvgIpc) is 2.75. The van der Waals surface area contributed by atoms with Gasteiger partial charge >= 0.3 is 0 Å². The number of nitrogens with zero attached hydrogens (tertiary/aromatic N) is 2. The Kier molecular flexibility index (Phi) is 9.20. The van der Waals surface area contributed by atoms with E-state index in [9.17, 15) is 14.4 Å². The van der Waals surface area contributed by atoms with Crippen LogP contribution < -0.4 is 5.32 Å². The highest BCUT2D eigenvalue weighted by Gasteiger charge is 2.40. The predicted molar refractivity (Wildman–Crippen MR) is 138 cm³/mol. The number of carbonyl (C=O) groups is 3. The van der Waals surface area contributed by atoms with Crippen LogP contribution in [0, 0.1) is 16.7 Å². The molecular weight excluding hydrogens is 450 g/mol. The summed E-state index contributed by atoms with van der Waals surface area (Å²) in [6, 6.07) is 7.41. The van der Waals surface area contributed by atoms with E-state index in [4.69, 9.17) is 11.6 Å². The molecule has 1 aromatic carbocycles. The van der Waals surface area contributed by atoms with Gasteiger partial charge in [-0.2, -0.15) is 0 Å². The Bertz CT molecular complexity index is 878. The SMILES string of the molecule is CC(C)[C@@H](NC(=O)CCC(C)(C)C(=O)N(C)C)C(=O)N1CCC(c2ccc(Cl)cc2)C(C)(C)C1. The van der Waals surface area contributed by atoms with Crippen LogP contribution in [0.25, 0.3) is 0 Å². The molecule has 1 aliphatic heterocycles. The number of hydrogen-bond donors (Lipinski definition) is 1. The van der Waals surface area contributed by atoms with Crippen molar-refractivity contribution in [2.75, 3.05) is 27.2 Å². The third-order valence-corrected chi connectivity index (χ3v) is 7.28. The minimum atomic E-state index is -0.633. The fraction of sp³-hybridized carbons (Fsp3) is 0.667. The molecule has 1 fully saturated rings. The maximum Gasteiger partial charge on any atom is 0.245 e. The summed E-state index contributed by atoms with van der Waals surface area (Å²) < 4.78 is 0. The van der Waals surface area contributed by atoms with Crippen LogP contribution in [0.5, 0.6) is 0 Å². The highest BCUT2D eigenvalue weighted by atomic mass is 35.5. The van der Waals surface area contributed by atoms with Crippen LogP contribution in [0.2, 0.25) is 5.02 Å². The molecule has 0 radical (unpaired) electrons. The lowest BCUT2D eigenvalue weighted by atomic mass is 9.70. The van der Waals surface area contributed by atoms with Gasteiger partial charge < -0.3 is 15.1 Å². The van der Waals surface area contributed by atoms with Crippen LogP contribution in [-0.4, -0.2) is 60.7 Å². The zero-order valence-corrected chi connectivity index (χ0v) is 22.8. The molecule has 3 amide bonds. The zero-order valence-electron chi connectivity index (χ0n) is 22.1. The van der Waals surface area contributed by atoms with Gasteiger partial charge in [-0.25, -0.2) is 0 Å². The molecule has 7 heteroatoms. The molecular formula is C27H42ClN3O3. The van der Waals surface area contributed by atoms with E-state index < -0.39 is 11.5 Å². The average molecular weight is 492 g/mol. The number of piperidine rings is 1. The molecule has 1 aliphatic rings. The molecule has 1 unspecified atom stereocenters. The van der Waals surface area contributed by atoms with Crippen molar-refractivity contribution in [1.29, 1.82) is 0 Å². The van der Waals surface area contributed by atoms with Crippen LogP contribution in [0.1, 0.15) is 72.3 Å². The monoisotopic (exact) mass is 491 g/mol. The van der Waals surface area contributed by atoms with Crippen molar-refractivity contribution in [2.45, 2.75) is 72.8 Å². The minimum absolute atomic E-state index is 0.0115. The molecule has 1 N–H and O–H groups in total. The normalized spacial score (nSPS) is 19.0. The van der Waals surface area contributed by atoms with Crippen LogP contribution >= 0.6 is 11.6 Å². The largest absolute Gasteiger partial charge is 0.348 e. The van der Waals surface area contributed by atoms with Gasteiger partial charge in [0.05, 0.1) is 0 Å². The van der Waals surface area contributed by atoms with Gasteiger partial charge in [0.25, 0.3) is 0 Å². The Hall–Kier alpha value is -2.08. The number of amides is 3. The summed E-state index contributed by atoms with van der Waals surface area (Å²) in [5.74, 6) is 0.0570.